The summed E-state index contributed by atoms with van der Waals surface area (Å²) in [6.07, 6.45) is 0. The minimum absolute atomic E-state index is 0.134. The van der Waals surface area contributed by atoms with E-state index in [1.807, 2.05) is 0 Å². The molecule has 1 N–H and O–H groups in total. The molecule has 0 unspecified atom stereocenters. The lowest BCUT2D eigenvalue weighted by molar-refractivity contribution is 0.0594. The van der Waals surface area contributed by atoms with Gasteiger partial charge in [0, 0.05) is 4.88 Å². The first-order valence-electron chi connectivity index (χ1n) is 5.29. The molecular weight excluding hydrogens is 291 g/mol. The largest absolute Gasteiger partial charge is 0.464 e. The summed E-state index contributed by atoms with van der Waals surface area (Å²) in [7, 11) is 1.28. The standard InChI is InChI=1S/C12H10ClFN2O2S/c1-6-9(11(17)18-2)15-12(19-6)16-10-7(13)4-3-5-8(10)14/h3-5H,1-2H3,(H,15,16). The number of hydrogen-bond donors (Lipinski definition) is 1. The Bertz CT molecular complexity index is 610. The summed E-state index contributed by atoms with van der Waals surface area (Å²) >= 11 is 7.12. The minimum atomic E-state index is -0.526. The number of halogens is 2. The van der Waals surface area contributed by atoms with Crippen molar-refractivity contribution in [2.45, 2.75) is 6.92 Å². The lowest BCUT2D eigenvalue weighted by Crippen LogP contribution is -2.03. The fourth-order valence-corrected chi connectivity index (χ4v) is 2.48. The number of nitrogens with one attached hydrogen (secondary N) is 1. The van der Waals surface area contributed by atoms with Crippen LogP contribution in [0.2, 0.25) is 5.02 Å². The zero-order valence-corrected chi connectivity index (χ0v) is 11.7. The van der Waals surface area contributed by atoms with Gasteiger partial charge < -0.3 is 10.1 Å². The Labute approximate surface area is 118 Å². The van der Waals surface area contributed by atoms with E-state index in [4.69, 9.17) is 11.6 Å². The van der Waals surface area contributed by atoms with E-state index in [1.54, 1.807) is 13.0 Å². The van der Waals surface area contributed by atoms with Crippen molar-refractivity contribution in [1.82, 2.24) is 4.98 Å². The molecule has 1 heterocycles. The molecule has 0 bridgehead atoms. The summed E-state index contributed by atoms with van der Waals surface area (Å²) < 4.78 is 18.2. The maximum atomic E-state index is 13.6. The molecule has 100 valence electrons. The summed E-state index contributed by atoms with van der Waals surface area (Å²) in [5.74, 6) is -1.01. The van der Waals surface area contributed by atoms with E-state index in [2.05, 4.69) is 15.0 Å². The number of ether oxygens (including phenoxy) is 1. The van der Waals surface area contributed by atoms with Crippen molar-refractivity contribution in [2.75, 3.05) is 12.4 Å². The molecule has 0 saturated carbocycles. The molecular formula is C12H10ClFN2O2S. The lowest BCUT2D eigenvalue weighted by atomic mass is 10.3. The van der Waals surface area contributed by atoms with Crippen molar-refractivity contribution in [2.24, 2.45) is 0 Å². The molecule has 0 fully saturated rings. The number of carbonyl (C=O) groups is 1. The van der Waals surface area contributed by atoms with E-state index in [0.717, 1.165) is 0 Å². The van der Waals surface area contributed by atoms with Gasteiger partial charge in [-0.1, -0.05) is 17.7 Å². The number of esters is 1. The third-order valence-electron chi connectivity index (χ3n) is 2.37. The Morgan fingerprint density at radius 2 is 2.26 bits per heavy atom. The van der Waals surface area contributed by atoms with E-state index in [9.17, 15) is 9.18 Å². The van der Waals surface area contributed by atoms with Crippen molar-refractivity contribution >= 4 is 39.7 Å². The van der Waals surface area contributed by atoms with Crippen LogP contribution in [0.5, 0.6) is 0 Å². The number of para-hydroxylation sites is 1. The second-order valence-corrected chi connectivity index (χ2v) is 5.25. The van der Waals surface area contributed by atoms with Crippen LogP contribution < -0.4 is 5.32 Å². The monoisotopic (exact) mass is 300 g/mol. The number of thiazole rings is 1. The van der Waals surface area contributed by atoms with Crippen LogP contribution in [-0.2, 0) is 4.74 Å². The van der Waals surface area contributed by atoms with E-state index < -0.39 is 11.8 Å². The van der Waals surface area contributed by atoms with Crippen LogP contribution in [0, 0.1) is 12.7 Å². The zero-order valence-electron chi connectivity index (χ0n) is 10.2. The molecule has 0 aliphatic rings. The van der Waals surface area contributed by atoms with Gasteiger partial charge in [-0.2, -0.15) is 0 Å². The number of aryl methyl sites for hydroxylation is 1. The van der Waals surface area contributed by atoms with E-state index in [1.165, 1.54) is 30.6 Å². The molecule has 0 atom stereocenters. The maximum absolute atomic E-state index is 13.6. The van der Waals surface area contributed by atoms with E-state index in [-0.39, 0.29) is 16.4 Å². The highest BCUT2D eigenvalue weighted by Crippen LogP contribution is 2.31. The van der Waals surface area contributed by atoms with Crippen LogP contribution in [0.15, 0.2) is 18.2 Å². The highest BCUT2D eigenvalue weighted by molar-refractivity contribution is 7.15. The second-order valence-electron chi connectivity index (χ2n) is 3.64. The topological polar surface area (TPSA) is 51.2 Å². The first-order chi connectivity index (χ1) is 9.02. The quantitative estimate of drug-likeness (QED) is 0.877. The fourth-order valence-electron chi connectivity index (χ4n) is 1.46. The Balaban J connectivity index is 2.32. The summed E-state index contributed by atoms with van der Waals surface area (Å²) in [6.45, 7) is 1.73. The molecule has 0 aliphatic carbocycles. The van der Waals surface area contributed by atoms with Gasteiger partial charge in [-0.15, -0.1) is 11.3 Å². The first kappa shape index (κ1) is 13.8. The summed E-state index contributed by atoms with van der Waals surface area (Å²) in [4.78, 5) is 16.2. The van der Waals surface area contributed by atoms with E-state index >= 15 is 0 Å². The number of methoxy groups -OCH3 is 1. The highest BCUT2D eigenvalue weighted by atomic mass is 35.5. The van der Waals surface area contributed by atoms with Crippen molar-refractivity contribution in [3.63, 3.8) is 0 Å². The smallest absolute Gasteiger partial charge is 0.357 e. The maximum Gasteiger partial charge on any atom is 0.357 e. The van der Waals surface area contributed by atoms with Crippen LogP contribution in [0.3, 0.4) is 0 Å². The summed E-state index contributed by atoms with van der Waals surface area (Å²) in [5.41, 5.74) is 0.344. The van der Waals surface area contributed by atoms with Gasteiger partial charge in [-0.3, -0.25) is 0 Å². The normalized spacial score (nSPS) is 10.3. The number of rotatable bonds is 3. The Morgan fingerprint density at radius 1 is 1.53 bits per heavy atom. The Hall–Kier alpha value is -1.66. The zero-order chi connectivity index (χ0) is 14.0. The number of carbonyl (C=O) groups excluding carboxylic acids is 1. The van der Waals surface area contributed by atoms with Crippen LogP contribution in [0.4, 0.5) is 15.2 Å². The average Bonchev–Trinajstić information content (AvgIpc) is 2.74. The third-order valence-corrected chi connectivity index (χ3v) is 3.57. The second kappa shape index (κ2) is 5.54. The van der Waals surface area contributed by atoms with Crippen LogP contribution >= 0.6 is 22.9 Å². The van der Waals surface area contributed by atoms with E-state index in [0.29, 0.717) is 10.0 Å². The molecule has 0 amide bonds. The molecule has 2 rings (SSSR count). The fraction of sp³-hybridized carbons (Fsp3) is 0.167. The Kier molecular flexibility index (Phi) is 4.01. The summed E-state index contributed by atoms with van der Waals surface area (Å²) in [6, 6.07) is 4.36. The van der Waals surface area contributed by atoms with Gasteiger partial charge in [0.2, 0.25) is 0 Å². The molecule has 1 aromatic heterocycles. The molecule has 19 heavy (non-hydrogen) atoms. The molecule has 0 aliphatic heterocycles. The van der Waals surface area contributed by atoms with Crippen molar-refractivity contribution in [3.8, 4) is 0 Å². The van der Waals surface area contributed by atoms with Crippen LogP contribution in [0.25, 0.3) is 0 Å². The average molecular weight is 301 g/mol. The molecule has 1 aromatic carbocycles. The van der Waals surface area contributed by atoms with Gasteiger partial charge in [0.15, 0.2) is 10.8 Å². The van der Waals surface area contributed by atoms with Gasteiger partial charge >= 0.3 is 5.97 Å². The number of anilines is 2. The molecule has 0 saturated heterocycles. The van der Waals surface area contributed by atoms with Crippen LogP contribution in [0.1, 0.15) is 15.4 Å². The van der Waals surface area contributed by atoms with Gasteiger partial charge in [0.1, 0.15) is 5.82 Å². The highest BCUT2D eigenvalue weighted by Gasteiger charge is 2.17. The van der Waals surface area contributed by atoms with Gasteiger partial charge in [-0.25, -0.2) is 14.2 Å². The van der Waals surface area contributed by atoms with Crippen LogP contribution in [-0.4, -0.2) is 18.1 Å². The third kappa shape index (κ3) is 2.85. The minimum Gasteiger partial charge on any atom is -0.464 e. The molecule has 0 radical (unpaired) electrons. The lowest BCUT2D eigenvalue weighted by Gasteiger charge is -2.05. The number of nitrogens with zero attached hydrogens (tertiary/aromatic N) is 1. The van der Waals surface area contributed by atoms with Gasteiger partial charge in [0.25, 0.3) is 0 Å². The molecule has 0 spiro atoms. The Morgan fingerprint density at radius 3 is 2.89 bits per heavy atom. The van der Waals surface area contributed by atoms with Crippen molar-refractivity contribution in [1.29, 1.82) is 0 Å². The molecule has 2 aromatic rings. The molecule has 7 heteroatoms. The number of benzene rings is 1. The SMILES string of the molecule is COC(=O)c1nc(Nc2c(F)cccc2Cl)sc1C. The van der Waals surface area contributed by atoms with Crippen molar-refractivity contribution < 1.29 is 13.9 Å². The van der Waals surface area contributed by atoms with Gasteiger partial charge in [0.05, 0.1) is 17.8 Å². The predicted molar refractivity (Wildman–Crippen MR) is 72.9 cm³/mol. The van der Waals surface area contributed by atoms with Crippen molar-refractivity contribution in [3.05, 3.63) is 39.6 Å². The molecule has 4 nitrogen and oxygen atoms in total. The first-order valence-corrected chi connectivity index (χ1v) is 6.49. The number of aromatic nitrogens is 1. The van der Waals surface area contributed by atoms with Gasteiger partial charge in [-0.05, 0) is 19.1 Å². The predicted octanol–water partition coefficient (Wildman–Crippen LogP) is 3.77. The number of hydrogen-bond acceptors (Lipinski definition) is 5. The summed E-state index contributed by atoms with van der Waals surface area (Å²) in [5, 5.41) is 3.40.